The van der Waals surface area contributed by atoms with Crippen LogP contribution in [0.25, 0.3) is 0 Å². The molecule has 0 bridgehead atoms. The number of hydrogen-bond donors (Lipinski definition) is 0. The summed E-state index contributed by atoms with van der Waals surface area (Å²) in [5.74, 6) is 0.882. The Hall–Kier alpha value is -2.44. The van der Waals surface area contributed by atoms with Crippen molar-refractivity contribution in [3.8, 4) is 17.2 Å². The van der Waals surface area contributed by atoms with Crippen LogP contribution < -0.4 is 14.2 Å². The fraction of sp³-hybridized carbons (Fsp3) is 0.529. The van der Waals surface area contributed by atoms with E-state index >= 15 is 0 Å². The summed E-state index contributed by atoms with van der Waals surface area (Å²) in [5, 5.41) is 0. The van der Waals surface area contributed by atoms with E-state index in [1.807, 2.05) is 6.92 Å². The molecule has 0 aromatic heterocycles. The predicted octanol–water partition coefficient (Wildman–Crippen LogP) is 2.01. The number of carbonyl (C=O) groups excluding carboxylic acids is 2. The molecule has 0 aliphatic heterocycles. The molecule has 24 heavy (non-hydrogen) atoms. The average molecular weight is 339 g/mol. The van der Waals surface area contributed by atoms with Gasteiger partial charge in [-0.25, -0.2) is 4.79 Å². The van der Waals surface area contributed by atoms with Gasteiger partial charge in [0.05, 0.1) is 40.0 Å². The van der Waals surface area contributed by atoms with Crippen molar-refractivity contribution in [3.05, 3.63) is 17.7 Å². The van der Waals surface area contributed by atoms with Crippen LogP contribution in [0, 0.1) is 0 Å². The molecule has 0 aliphatic carbocycles. The van der Waals surface area contributed by atoms with E-state index in [4.69, 9.17) is 18.9 Å². The molecule has 1 unspecified atom stereocenters. The maximum Gasteiger partial charge on any atom is 0.328 e. The first-order valence-corrected chi connectivity index (χ1v) is 7.62. The Bertz CT molecular complexity index is 561. The van der Waals surface area contributed by atoms with E-state index in [0.29, 0.717) is 29.4 Å². The summed E-state index contributed by atoms with van der Waals surface area (Å²) in [6, 6.07) is 2.72. The minimum atomic E-state index is -0.728. The van der Waals surface area contributed by atoms with Gasteiger partial charge >= 0.3 is 5.97 Å². The molecule has 1 atom stereocenters. The number of ether oxygens (including phenoxy) is 4. The molecular formula is C17H25NO6. The third-order valence-electron chi connectivity index (χ3n) is 3.64. The van der Waals surface area contributed by atoms with Crippen molar-refractivity contribution in [1.82, 2.24) is 4.90 Å². The first-order chi connectivity index (χ1) is 11.4. The summed E-state index contributed by atoms with van der Waals surface area (Å²) in [6.07, 6.45) is 0. The van der Waals surface area contributed by atoms with E-state index in [0.717, 1.165) is 0 Å². The van der Waals surface area contributed by atoms with Crippen LogP contribution in [0.2, 0.25) is 0 Å². The van der Waals surface area contributed by atoms with Crippen molar-refractivity contribution >= 4 is 11.9 Å². The highest BCUT2D eigenvalue weighted by Crippen LogP contribution is 2.35. The van der Waals surface area contributed by atoms with E-state index in [2.05, 4.69) is 0 Å². The second-order valence-corrected chi connectivity index (χ2v) is 5.09. The summed E-state index contributed by atoms with van der Waals surface area (Å²) in [7, 11) is 4.33. The van der Waals surface area contributed by atoms with E-state index < -0.39 is 12.0 Å². The topological polar surface area (TPSA) is 74.3 Å². The lowest BCUT2D eigenvalue weighted by atomic mass is 10.1. The van der Waals surface area contributed by atoms with Crippen LogP contribution in [-0.4, -0.2) is 50.8 Å². The van der Waals surface area contributed by atoms with Crippen LogP contribution >= 0.6 is 0 Å². The standard InChI is InChI=1S/C17H25NO6/c1-7-24-13-8-15(21-4)14(16(9-13)22-5)10-18(12(3)19)11(2)17(20)23-6/h8-9,11H,7,10H2,1-6H3. The highest BCUT2D eigenvalue weighted by molar-refractivity contribution is 5.83. The Morgan fingerprint density at radius 2 is 1.67 bits per heavy atom. The first-order valence-electron chi connectivity index (χ1n) is 7.62. The molecule has 0 radical (unpaired) electrons. The Balaban J connectivity index is 3.27. The van der Waals surface area contributed by atoms with E-state index in [9.17, 15) is 9.59 Å². The lowest BCUT2D eigenvalue weighted by molar-refractivity contribution is -0.151. The van der Waals surface area contributed by atoms with Crippen LogP contribution in [0.15, 0.2) is 12.1 Å². The fourth-order valence-electron chi connectivity index (χ4n) is 2.35. The third kappa shape index (κ3) is 4.53. The van der Waals surface area contributed by atoms with E-state index in [-0.39, 0.29) is 12.5 Å². The molecule has 0 aliphatic rings. The summed E-state index contributed by atoms with van der Waals surface area (Å²) in [6.45, 7) is 5.53. The molecular weight excluding hydrogens is 314 g/mol. The third-order valence-corrected chi connectivity index (χ3v) is 3.64. The molecule has 7 nitrogen and oxygen atoms in total. The molecule has 0 fully saturated rings. The zero-order valence-electron chi connectivity index (χ0n) is 15.0. The number of nitrogens with zero attached hydrogens (tertiary/aromatic N) is 1. The number of amides is 1. The smallest absolute Gasteiger partial charge is 0.328 e. The molecule has 0 spiro atoms. The number of benzene rings is 1. The summed E-state index contributed by atoms with van der Waals surface area (Å²) in [5.41, 5.74) is 0.648. The molecule has 134 valence electrons. The SMILES string of the molecule is CCOc1cc(OC)c(CN(C(C)=O)C(C)C(=O)OC)c(OC)c1. The van der Waals surface area contributed by atoms with Gasteiger partial charge in [-0.3, -0.25) is 4.79 Å². The highest BCUT2D eigenvalue weighted by atomic mass is 16.5. The fourth-order valence-corrected chi connectivity index (χ4v) is 2.35. The monoisotopic (exact) mass is 339 g/mol. The van der Waals surface area contributed by atoms with Gasteiger partial charge in [0.2, 0.25) is 5.91 Å². The van der Waals surface area contributed by atoms with Crippen molar-refractivity contribution in [1.29, 1.82) is 0 Å². The Morgan fingerprint density at radius 3 is 2.04 bits per heavy atom. The van der Waals surface area contributed by atoms with Gasteiger partial charge in [0, 0.05) is 19.1 Å². The summed E-state index contributed by atoms with van der Waals surface area (Å²) >= 11 is 0. The Morgan fingerprint density at radius 1 is 1.12 bits per heavy atom. The quantitative estimate of drug-likeness (QED) is 0.675. The van der Waals surface area contributed by atoms with Crippen molar-refractivity contribution in [2.45, 2.75) is 33.4 Å². The minimum absolute atomic E-state index is 0.143. The molecule has 1 rings (SSSR count). The number of rotatable bonds is 8. The number of methoxy groups -OCH3 is 3. The molecule has 1 aromatic carbocycles. The minimum Gasteiger partial charge on any atom is -0.496 e. The highest BCUT2D eigenvalue weighted by Gasteiger charge is 2.27. The molecule has 0 heterocycles. The van der Waals surface area contributed by atoms with Gasteiger partial charge in [0.15, 0.2) is 0 Å². The van der Waals surface area contributed by atoms with Gasteiger partial charge in [0.1, 0.15) is 23.3 Å². The van der Waals surface area contributed by atoms with Gasteiger partial charge in [-0.2, -0.15) is 0 Å². The van der Waals surface area contributed by atoms with Gasteiger partial charge < -0.3 is 23.8 Å². The maximum absolute atomic E-state index is 12.0. The first kappa shape index (κ1) is 19.6. The van der Waals surface area contributed by atoms with Crippen LogP contribution in [0.1, 0.15) is 26.3 Å². The lowest BCUT2D eigenvalue weighted by Crippen LogP contribution is -2.42. The molecule has 1 aromatic rings. The van der Waals surface area contributed by atoms with E-state index in [1.165, 1.54) is 33.2 Å². The van der Waals surface area contributed by atoms with Gasteiger partial charge in [-0.1, -0.05) is 0 Å². The molecule has 0 N–H and O–H groups in total. The largest absolute Gasteiger partial charge is 0.496 e. The molecule has 0 saturated carbocycles. The van der Waals surface area contributed by atoms with Crippen molar-refractivity contribution in [3.63, 3.8) is 0 Å². The maximum atomic E-state index is 12.0. The zero-order valence-corrected chi connectivity index (χ0v) is 15.0. The number of carbonyl (C=O) groups is 2. The molecule has 0 saturated heterocycles. The lowest BCUT2D eigenvalue weighted by Gasteiger charge is -2.28. The summed E-state index contributed by atoms with van der Waals surface area (Å²) in [4.78, 5) is 25.2. The van der Waals surface area contributed by atoms with Crippen molar-refractivity contribution in [2.75, 3.05) is 27.9 Å². The van der Waals surface area contributed by atoms with Crippen LogP contribution in [0.3, 0.4) is 0 Å². The second kappa shape index (κ2) is 9.00. The summed E-state index contributed by atoms with van der Waals surface area (Å²) < 4.78 is 21.0. The van der Waals surface area contributed by atoms with Crippen LogP contribution in [0.4, 0.5) is 0 Å². The van der Waals surface area contributed by atoms with Crippen LogP contribution in [0.5, 0.6) is 17.2 Å². The number of hydrogen-bond acceptors (Lipinski definition) is 6. The van der Waals surface area contributed by atoms with E-state index in [1.54, 1.807) is 19.1 Å². The van der Waals surface area contributed by atoms with Gasteiger partial charge in [-0.05, 0) is 13.8 Å². The Labute approximate surface area is 142 Å². The predicted molar refractivity (Wildman–Crippen MR) is 88.4 cm³/mol. The van der Waals surface area contributed by atoms with Crippen molar-refractivity contribution in [2.24, 2.45) is 0 Å². The Kier molecular flexibility index (Phi) is 7.35. The van der Waals surface area contributed by atoms with Gasteiger partial charge in [-0.15, -0.1) is 0 Å². The van der Waals surface area contributed by atoms with Gasteiger partial charge in [0.25, 0.3) is 0 Å². The second-order valence-electron chi connectivity index (χ2n) is 5.09. The normalized spacial score (nSPS) is 11.4. The van der Waals surface area contributed by atoms with Crippen LogP contribution in [-0.2, 0) is 20.9 Å². The molecule has 1 amide bonds. The average Bonchev–Trinajstić information content (AvgIpc) is 2.58. The zero-order chi connectivity index (χ0) is 18.3. The number of esters is 1. The molecule has 7 heteroatoms. The van der Waals surface area contributed by atoms with Crippen molar-refractivity contribution < 1.29 is 28.5 Å².